The highest BCUT2D eigenvalue weighted by Gasteiger charge is 2.61. The van der Waals surface area contributed by atoms with E-state index in [2.05, 4.69) is 19.9 Å². The summed E-state index contributed by atoms with van der Waals surface area (Å²) in [4.78, 5) is 11.9. The Morgan fingerprint density at radius 2 is 1.79 bits per heavy atom. The number of allylic oxidation sites excluding steroid dienone is 2. The summed E-state index contributed by atoms with van der Waals surface area (Å²) in [5.74, 6) is 5.85. The summed E-state index contributed by atoms with van der Waals surface area (Å²) in [5.41, 5.74) is 1.05. The van der Waals surface area contributed by atoms with Crippen LogP contribution in [-0.4, -0.2) is 5.78 Å². The molecule has 4 fully saturated rings. The van der Waals surface area contributed by atoms with Gasteiger partial charge in [-0.25, -0.2) is 0 Å². The number of carbonyl (C=O) groups excluding carboxylic acids is 1. The van der Waals surface area contributed by atoms with Gasteiger partial charge < -0.3 is 0 Å². The zero-order valence-corrected chi connectivity index (χ0v) is 15.6. The highest BCUT2D eigenvalue weighted by Crippen LogP contribution is 2.69. The molecule has 24 heavy (non-hydrogen) atoms. The number of ketones is 1. The molecule has 0 amide bonds. The Hall–Kier alpha value is -0.590. The van der Waals surface area contributed by atoms with Crippen molar-refractivity contribution in [2.75, 3.05) is 0 Å². The average molecular weight is 327 g/mol. The summed E-state index contributed by atoms with van der Waals surface area (Å²) in [7, 11) is 0. The molecule has 0 aromatic rings. The van der Waals surface area contributed by atoms with Gasteiger partial charge in [0, 0.05) is 6.42 Å². The van der Waals surface area contributed by atoms with E-state index in [4.69, 9.17) is 0 Å². The van der Waals surface area contributed by atoms with Crippen molar-refractivity contribution in [2.45, 2.75) is 78.1 Å². The molecule has 5 aliphatic carbocycles. The van der Waals surface area contributed by atoms with Crippen molar-refractivity contribution in [3.63, 3.8) is 0 Å². The zero-order valence-electron chi connectivity index (χ0n) is 15.6. The molecule has 0 aliphatic heterocycles. The Morgan fingerprint density at radius 3 is 2.67 bits per heavy atom. The maximum absolute atomic E-state index is 11.9. The monoisotopic (exact) mass is 326 g/mol. The molecule has 0 N–H and O–H groups in total. The first-order chi connectivity index (χ1) is 11.5. The molecule has 0 aromatic carbocycles. The third-order valence-electron chi connectivity index (χ3n) is 9.72. The lowest BCUT2D eigenvalue weighted by Crippen LogP contribution is -2.54. The summed E-state index contributed by atoms with van der Waals surface area (Å²) >= 11 is 0. The SMILES string of the molecule is C[C@@H]1CC[C@]2(C)C3CC[C@]45C=CC(=O)CC4CCC5C3CC[C@H]2C1. The predicted octanol–water partition coefficient (Wildman–Crippen LogP) is 5.79. The summed E-state index contributed by atoms with van der Waals surface area (Å²) in [5, 5.41) is 0. The molecule has 0 heterocycles. The minimum Gasteiger partial charge on any atom is -0.295 e. The third-order valence-corrected chi connectivity index (χ3v) is 9.72. The molecular formula is C23H34O. The number of rotatable bonds is 0. The van der Waals surface area contributed by atoms with Crippen LogP contribution in [0.2, 0.25) is 0 Å². The van der Waals surface area contributed by atoms with E-state index >= 15 is 0 Å². The predicted molar refractivity (Wildman–Crippen MR) is 97.5 cm³/mol. The van der Waals surface area contributed by atoms with Crippen molar-refractivity contribution in [1.82, 2.24) is 0 Å². The van der Waals surface area contributed by atoms with E-state index in [1.54, 1.807) is 0 Å². The Balaban J connectivity index is 1.47. The molecule has 1 spiro atoms. The molecule has 1 nitrogen and oxygen atoms in total. The van der Waals surface area contributed by atoms with E-state index in [9.17, 15) is 4.79 Å². The molecular weight excluding hydrogens is 292 g/mol. The fourth-order valence-electron chi connectivity index (χ4n) is 8.50. The van der Waals surface area contributed by atoms with Crippen LogP contribution in [0.15, 0.2) is 12.2 Å². The normalized spacial score (nSPS) is 56.2. The van der Waals surface area contributed by atoms with Gasteiger partial charge in [-0.05, 0) is 104 Å². The second kappa shape index (κ2) is 5.21. The number of carbonyl (C=O) groups is 1. The van der Waals surface area contributed by atoms with Crippen LogP contribution in [0.4, 0.5) is 0 Å². The van der Waals surface area contributed by atoms with Crippen LogP contribution in [0, 0.1) is 46.3 Å². The molecule has 0 bridgehead atoms. The largest absolute Gasteiger partial charge is 0.295 e. The standard InChI is InChI=1S/C23H34O/c1-15-7-10-22(2)16(13-15)3-5-19-20(22)9-12-23-11-8-18(24)14-17(23)4-6-21(19)23/h8,11,15-17,19-21H,3-7,9-10,12-14H2,1-2H3/t15-,16+,17?,19?,20?,21?,22+,23-/m1/s1. The van der Waals surface area contributed by atoms with E-state index in [1.807, 2.05) is 6.08 Å². The van der Waals surface area contributed by atoms with Crippen LogP contribution in [0.5, 0.6) is 0 Å². The van der Waals surface area contributed by atoms with E-state index in [-0.39, 0.29) is 0 Å². The molecule has 5 rings (SSSR count). The lowest BCUT2D eigenvalue weighted by molar-refractivity contribution is -0.123. The summed E-state index contributed by atoms with van der Waals surface area (Å²) in [6.45, 7) is 5.15. The average Bonchev–Trinajstić information content (AvgIpc) is 2.94. The van der Waals surface area contributed by atoms with Crippen molar-refractivity contribution >= 4 is 5.78 Å². The van der Waals surface area contributed by atoms with E-state index in [0.717, 1.165) is 36.0 Å². The first kappa shape index (κ1) is 15.6. The van der Waals surface area contributed by atoms with Gasteiger partial charge in [0.15, 0.2) is 5.78 Å². The minimum atomic E-state index is 0.394. The number of hydrogen-bond acceptors (Lipinski definition) is 1. The second-order valence-electron chi connectivity index (χ2n) is 10.5. The minimum absolute atomic E-state index is 0.394. The topological polar surface area (TPSA) is 17.1 Å². The van der Waals surface area contributed by atoms with Crippen molar-refractivity contribution < 1.29 is 4.79 Å². The molecule has 5 aliphatic rings. The van der Waals surface area contributed by atoms with Gasteiger partial charge in [0.25, 0.3) is 0 Å². The summed E-state index contributed by atoms with van der Waals surface area (Å²) in [6, 6.07) is 0. The van der Waals surface area contributed by atoms with Gasteiger partial charge in [-0.2, -0.15) is 0 Å². The lowest BCUT2D eigenvalue weighted by Gasteiger charge is -2.61. The Bertz CT molecular complexity index is 577. The van der Waals surface area contributed by atoms with Gasteiger partial charge in [-0.3, -0.25) is 4.79 Å². The van der Waals surface area contributed by atoms with Crippen molar-refractivity contribution in [2.24, 2.45) is 46.3 Å². The maximum Gasteiger partial charge on any atom is 0.155 e. The van der Waals surface area contributed by atoms with Gasteiger partial charge in [-0.1, -0.05) is 26.3 Å². The van der Waals surface area contributed by atoms with Crippen molar-refractivity contribution in [3.8, 4) is 0 Å². The summed E-state index contributed by atoms with van der Waals surface area (Å²) in [6.07, 6.45) is 18.2. The zero-order chi connectivity index (χ0) is 16.5. The number of hydrogen-bond donors (Lipinski definition) is 0. The van der Waals surface area contributed by atoms with Crippen LogP contribution in [0.3, 0.4) is 0 Å². The summed E-state index contributed by atoms with van der Waals surface area (Å²) < 4.78 is 0. The van der Waals surface area contributed by atoms with Crippen molar-refractivity contribution in [3.05, 3.63) is 12.2 Å². The van der Waals surface area contributed by atoms with E-state index < -0.39 is 0 Å². The Morgan fingerprint density at radius 1 is 0.958 bits per heavy atom. The molecule has 0 saturated heterocycles. The van der Waals surface area contributed by atoms with Crippen molar-refractivity contribution in [1.29, 1.82) is 0 Å². The quantitative estimate of drug-likeness (QED) is 0.550. The molecule has 4 unspecified atom stereocenters. The van der Waals surface area contributed by atoms with Gasteiger partial charge in [0.2, 0.25) is 0 Å². The molecule has 4 saturated carbocycles. The fraction of sp³-hybridized carbons (Fsp3) is 0.870. The Kier molecular flexibility index (Phi) is 3.40. The fourth-order valence-corrected chi connectivity index (χ4v) is 8.50. The third kappa shape index (κ3) is 1.96. The lowest BCUT2D eigenvalue weighted by atomic mass is 9.43. The van der Waals surface area contributed by atoms with Crippen LogP contribution in [0.25, 0.3) is 0 Å². The van der Waals surface area contributed by atoms with Gasteiger partial charge in [-0.15, -0.1) is 0 Å². The van der Waals surface area contributed by atoms with Gasteiger partial charge in [0.1, 0.15) is 0 Å². The van der Waals surface area contributed by atoms with Crippen LogP contribution < -0.4 is 0 Å². The van der Waals surface area contributed by atoms with Gasteiger partial charge >= 0.3 is 0 Å². The molecule has 0 aromatic heterocycles. The maximum atomic E-state index is 11.9. The van der Waals surface area contributed by atoms with Crippen LogP contribution >= 0.6 is 0 Å². The second-order valence-corrected chi connectivity index (χ2v) is 10.5. The molecule has 1 heteroatoms. The Labute approximate surface area is 147 Å². The van der Waals surface area contributed by atoms with Gasteiger partial charge in [0.05, 0.1) is 0 Å². The highest BCUT2D eigenvalue weighted by atomic mass is 16.1. The van der Waals surface area contributed by atoms with E-state index in [1.165, 1.54) is 57.8 Å². The smallest absolute Gasteiger partial charge is 0.155 e. The molecule has 8 atom stereocenters. The van der Waals surface area contributed by atoms with E-state index in [0.29, 0.717) is 22.5 Å². The first-order valence-corrected chi connectivity index (χ1v) is 10.7. The molecule has 132 valence electrons. The first-order valence-electron chi connectivity index (χ1n) is 10.7. The number of fused-ring (bicyclic) bond motifs is 4. The highest BCUT2D eigenvalue weighted by molar-refractivity contribution is 5.91. The molecule has 0 radical (unpaired) electrons. The van der Waals surface area contributed by atoms with Crippen LogP contribution in [-0.2, 0) is 4.79 Å². The van der Waals surface area contributed by atoms with Crippen LogP contribution in [0.1, 0.15) is 78.1 Å².